The Balaban J connectivity index is 2.03. The van der Waals surface area contributed by atoms with E-state index in [0.29, 0.717) is 13.1 Å². The highest BCUT2D eigenvalue weighted by Gasteiger charge is 2.24. The van der Waals surface area contributed by atoms with E-state index in [4.69, 9.17) is 0 Å². The van der Waals surface area contributed by atoms with E-state index >= 15 is 0 Å². The van der Waals surface area contributed by atoms with Crippen molar-refractivity contribution in [1.29, 1.82) is 0 Å². The fourth-order valence-corrected chi connectivity index (χ4v) is 2.42. The van der Waals surface area contributed by atoms with Crippen LogP contribution < -0.4 is 5.32 Å². The van der Waals surface area contributed by atoms with Gasteiger partial charge in [0.15, 0.2) is 0 Å². The highest BCUT2D eigenvalue weighted by atomic mass is 16.2. The number of nitrogens with zero attached hydrogens (tertiary/aromatic N) is 4. The topological polar surface area (TPSA) is 63.1 Å². The molecule has 2 aromatic rings. The summed E-state index contributed by atoms with van der Waals surface area (Å²) >= 11 is 0. The number of likely N-dealkylation sites (N-methyl/N-ethyl adjacent to an activating group) is 2. The maximum absolute atomic E-state index is 12.7. The molecule has 0 bridgehead atoms. The lowest BCUT2D eigenvalue weighted by Gasteiger charge is -2.25. The fourth-order valence-electron chi connectivity index (χ4n) is 2.42. The molecule has 0 aromatic carbocycles. The van der Waals surface area contributed by atoms with Gasteiger partial charge in [0.25, 0.3) is 0 Å². The second kappa shape index (κ2) is 7.70. The van der Waals surface area contributed by atoms with Gasteiger partial charge >= 0.3 is 0 Å². The van der Waals surface area contributed by atoms with Crippen molar-refractivity contribution in [3.8, 4) is 0 Å². The van der Waals surface area contributed by atoms with Gasteiger partial charge in [-0.2, -0.15) is 5.10 Å². The van der Waals surface area contributed by atoms with Crippen LogP contribution in [0, 0.1) is 0 Å². The molecule has 2 aromatic heterocycles. The first-order valence-corrected chi connectivity index (χ1v) is 7.50. The molecular weight excluding hydrogens is 278 g/mol. The molecule has 2 heterocycles. The number of pyridine rings is 1. The molecule has 0 saturated heterocycles. The SMILES string of the molecule is CCN(CCc1ccccn1)C(=O)C(NC)c1cnn(C)c1. The summed E-state index contributed by atoms with van der Waals surface area (Å²) in [6.45, 7) is 3.32. The Morgan fingerprint density at radius 3 is 2.82 bits per heavy atom. The lowest BCUT2D eigenvalue weighted by atomic mass is 10.1. The number of aryl methyl sites for hydroxylation is 1. The van der Waals surface area contributed by atoms with E-state index in [1.807, 2.05) is 43.3 Å². The minimum Gasteiger partial charge on any atom is -0.341 e. The van der Waals surface area contributed by atoms with E-state index in [2.05, 4.69) is 15.4 Å². The van der Waals surface area contributed by atoms with Gasteiger partial charge in [-0.05, 0) is 26.1 Å². The van der Waals surface area contributed by atoms with Gasteiger partial charge in [-0.25, -0.2) is 0 Å². The van der Waals surface area contributed by atoms with E-state index in [-0.39, 0.29) is 11.9 Å². The zero-order valence-corrected chi connectivity index (χ0v) is 13.4. The van der Waals surface area contributed by atoms with Gasteiger partial charge in [0.2, 0.25) is 5.91 Å². The molecule has 0 aliphatic rings. The first-order valence-electron chi connectivity index (χ1n) is 7.50. The molecule has 1 unspecified atom stereocenters. The Labute approximate surface area is 131 Å². The molecule has 118 valence electrons. The van der Waals surface area contributed by atoms with Gasteiger partial charge in [0.1, 0.15) is 6.04 Å². The Morgan fingerprint density at radius 1 is 1.45 bits per heavy atom. The molecule has 2 rings (SSSR count). The summed E-state index contributed by atoms with van der Waals surface area (Å²) in [6.07, 6.45) is 6.13. The van der Waals surface area contributed by atoms with Gasteiger partial charge in [-0.15, -0.1) is 0 Å². The largest absolute Gasteiger partial charge is 0.341 e. The van der Waals surface area contributed by atoms with Crippen LogP contribution in [-0.2, 0) is 18.3 Å². The number of carbonyl (C=O) groups excluding carboxylic acids is 1. The minimum atomic E-state index is -0.364. The maximum atomic E-state index is 12.7. The van der Waals surface area contributed by atoms with E-state index in [1.54, 1.807) is 24.1 Å². The highest BCUT2D eigenvalue weighted by molar-refractivity contribution is 5.83. The normalized spacial score (nSPS) is 12.1. The van der Waals surface area contributed by atoms with Gasteiger partial charge in [-0.3, -0.25) is 14.5 Å². The smallest absolute Gasteiger partial charge is 0.244 e. The number of hydrogen-bond acceptors (Lipinski definition) is 4. The van der Waals surface area contributed by atoms with Crippen molar-refractivity contribution < 1.29 is 4.79 Å². The van der Waals surface area contributed by atoms with Crippen LogP contribution in [0.25, 0.3) is 0 Å². The van der Waals surface area contributed by atoms with Gasteiger partial charge < -0.3 is 10.2 Å². The zero-order chi connectivity index (χ0) is 15.9. The van der Waals surface area contributed by atoms with Crippen molar-refractivity contribution >= 4 is 5.91 Å². The van der Waals surface area contributed by atoms with Crippen LogP contribution in [0.2, 0.25) is 0 Å². The van der Waals surface area contributed by atoms with Crippen LogP contribution in [-0.4, -0.2) is 45.7 Å². The van der Waals surface area contributed by atoms with Crippen molar-refractivity contribution in [3.05, 3.63) is 48.0 Å². The van der Waals surface area contributed by atoms with Gasteiger partial charge in [0, 0.05) is 50.2 Å². The van der Waals surface area contributed by atoms with E-state index in [9.17, 15) is 4.79 Å². The first kappa shape index (κ1) is 16.2. The summed E-state index contributed by atoms with van der Waals surface area (Å²) in [5, 5.41) is 7.23. The lowest BCUT2D eigenvalue weighted by Crippen LogP contribution is -2.40. The number of rotatable bonds is 7. The third-order valence-electron chi connectivity index (χ3n) is 3.65. The number of aromatic nitrogens is 3. The van der Waals surface area contributed by atoms with Crippen LogP contribution in [0.15, 0.2) is 36.8 Å². The Morgan fingerprint density at radius 2 is 2.27 bits per heavy atom. The summed E-state index contributed by atoms with van der Waals surface area (Å²) in [4.78, 5) is 18.9. The molecule has 1 amide bonds. The summed E-state index contributed by atoms with van der Waals surface area (Å²) in [7, 11) is 3.64. The van der Waals surface area contributed by atoms with Crippen molar-refractivity contribution in [2.45, 2.75) is 19.4 Å². The highest BCUT2D eigenvalue weighted by Crippen LogP contribution is 2.15. The molecule has 1 N–H and O–H groups in total. The van der Waals surface area contributed by atoms with Crippen molar-refractivity contribution in [2.75, 3.05) is 20.1 Å². The lowest BCUT2D eigenvalue weighted by molar-refractivity contribution is -0.133. The van der Waals surface area contributed by atoms with Crippen LogP contribution in [0.3, 0.4) is 0 Å². The number of carbonyl (C=O) groups is 1. The standard InChI is InChI=1S/C16H23N5O/c1-4-21(10-8-14-7-5-6-9-18-14)16(22)15(17-2)13-11-19-20(3)12-13/h5-7,9,11-12,15,17H,4,8,10H2,1-3H3. The first-order chi connectivity index (χ1) is 10.7. The average Bonchev–Trinajstić information content (AvgIpc) is 2.96. The number of nitrogens with one attached hydrogen (secondary N) is 1. The molecule has 0 radical (unpaired) electrons. The molecule has 0 saturated carbocycles. The molecule has 0 fully saturated rings. The van der Waals surface area contributed by atoms with Gasteiger partial charge in [0.05, 0.1) is 6.20 Å². The predicted molar refractivity (Wildman–Crippen MR) is 85.2 cm³/mol. The Hall–Kier alpha value is -2.21. The fraction of sp³-hybridized carbons (Fsp3) is 0.438. The van der Waals surface area contributed by atoms with E-state index < -0.39 is 0 Å². The van der Waals surface area contributed by atoms with Crippen molar-refractivity contribution in [1.82, 2.24) is 25.0 Å². The molecule has 0 aliphatic heterocycles. The average molecular weight is 301 g/mol. The van der Waals surface area contributed by atoms with E-state index in [0.717, 1.165) is 17.7 Å². The summed E-state index contributed by atoms with van der Waals surface area (Å²) < 4.78 is 1.71. The molecule has 22 heavy (non-hydrogen) atoms. The predicted octanol–water partition coefficient (Wildman–Crippen LogP) is 1.17. The van der Waals surface area contributed by atoms with Crippen LogP contribution in [0.5, 0.6) is 0 Å². The molecule has 1 atom stereocenters. The maximum Gasteiger partial charge on any atom is 0.244 e. The molecule has 0 spiro atoms. The third-order valence-corrected chi connectivity index (χ3v) is 3.65. The van der Waals surface area contributed by atoms with Crippen molar-refractivity contribution in [2.24, 2.45) is 7.05 Å². The molecule has 6 nitrogen and oxygen atoms in total. The molecule has 0 aliphatic carbocycles. The molecule has 6 heteroatoms. The van der Waals surface area contributed by atoms with Gasteiger partial charge in [-0.1, -0.05) is 6.07 Å². The number of amides is 1. The number of hydrogen-bond donors (Lipinski definition) is 1. The van der Waals surface area contributed by atoms with Crippen LogP contribution in [0.4, 0.5) is 0 Å². The summed E-state index contributed by atoms with van der Waals surface area (Å²) in [5.74, 6) is 0.0638. The third kappa shape index (κ3) is 3.92. The summed E-state index contributed by atoms with van der Waals surface area (Å²) in [5.41, 5.74) is 1.88. The minimum absolute atomic E-state index is 0.0638. The molecular formula is C16H23N5O. The zero-order valence-electron chi connectivity index (χ0n) is 13.4. The van der Waals surface area contributed by atoms with E-state index in [1.165, 1.54) is 0 Å². The Kier molecular flexibility index (Phi) is 5.66. The second-order valence-electron chi connectivity index (χ2n) is 5.16. The van der Waals surface area contributed by atoms with Crippen LogP contribution >= 0.6 is 0 Å². The monoisotopic (exact) mass is 301 g/mol. The van der Waals surface area contributed by atoms with Crippen LogP contribution in [0.1, 0.15) is 24.2 Å². The quantitative estimate of drug-likeness (QED) is 0.834. The Bertz CT molecular complexity index is 596. The second-order valence-corrected chi connectivity index (χ2v) is 5.16. The van der Waals surface area contributed by atoms with Crippen molar-refractivity contribution in [3.63, 3.8) is 0 Å². The summed E-state index contributed by atoms with van der Waals surface area (Å²) in [6, 6.07) is 5.48.